The van der Waals surface area contributed by atoms with Crippen LogP contribution in [-0.2, 0) is 14.2 Å². The topological polar surface area (TPSA) is 80.3 Å². The fraction of sp³-hybridized carbons (Fsp3) is 0.951. The van der Waals surface area contributed by atoms with Crippen molar-refractivity contribution in [2.75, 3.05) is 33.2 Å². The van der Waals surface area contributed by atoms with Crippen LogP contribution >= 0.6 is 0 Å². The van der Waals surface area contributed by atoms with Crippen LogP contribution in [0.3, 0.4) is 0 Å². The molecule has 3 saturated heterocycles. The number of rotatable bonds is 6. The number of nitrogens with one attached hydrogen (secondary N) is 1. The van der Waals surface area contributed by atoms with Crippen LogP contribution in [0.2, 0.25) is 0 Å². The molecule has 12 unspecified atom stereocenters. The van der Waals surface area contributed by atoms with Crippen molar-refractivity contribution >= 4 is 12.2 Å². The fourth-order valence-corrected chi connectivity index (χ4v) is 14.4. The van der Waals surface area contributed by atoms with Crippen LogP contribution < -0.4 is 5.32 Å². The molecule has 0 aromatic carbocycles. The molecule has 8 aliphatic rings. The van der Waals surface area contributed by atoms with Gasteiger partial charge in [0.15, 0.2) is 0 Å². The molecular formula is C41H67N3O5. The SMILES string of the molecule is CCC1C2OC(C(OC(=O)N3CCC3)C(C)C)CCC2C2(C)CCCC34CC35CCCC(OC(=O)NC3CN(C)C3)C(C)(C)C5CCC4C12. The Morgan fingerprint density at radius 1 is 0.918 bits per heavy atom. The van der Waals surface area contributed by atoms with Gasteiger partial charge in [0.2, 0.25) is 0 Å². The van der Waals surface area contributed by atoms with E-state index in [1.54, 1.807) is 0 Å². The number of carbonyl (C=O) groups is 2. The van der Waals surface area contributed by atoms with Crippen molar-refractivity contribution < 1.29 is 23.8 Å². The van der Waals surface area contributed by atoms with Crippen molar-refractivity contribution in [2.24, 2.45) is 57.2 Å². The molecule has 0 aromatic rings. The van der Waals surface area contributed by atoms with Crippen LogP contribution in [0.5, 0.6) is 0 Å². The van der Waals surface area contributed by atoms with Crippen LogP contribution in [0.1, 0.15) is 125 Å². The van der Waals surface area contributed by atoms with Gasteiger partial charge in [-0.3, -0.25) is 0 Å². The first kappa shape index (κ1) is 34.5. The van der Waals surface area contributed by atoms with Crippen LogP contribution in [0.25, 0.3) is 0 Å². The number of hydrogen-bond donors (Lipinski definition) is 1. The van der Waals surface area contributed by atoms with E-state index in [4.69, 9.17) is 14.2 Å². The Morgan fingerprint density at radius 2 is 1.65 bits per heavy atom. The van der Waals surface area contributed by atoms with Gasteiger partial charge in [-0.2, -0.15) is 0 Å². The van der Waals surface area contributed by atoms with Gasteiger partial charge < -0.3 is 29.3 Å². The molecule has 2 spiro atoms. The van der Waals surface area contributed by atoms with Crippen molar-refractivity contribution in [3.8, 4) is 0 Å². The zero-order valence-electron chi connectivity index (χ0n) is 31.8. The van der Waals surface area contributed by atoms with Crippen LogP contribution in [0.15, 0.2) is 0 Å². The summed E-state index contributed by atoms with van der Waals surface area (Å²) in [5, 5.41) is 3.16. The lowest BCUT2D eigenvalue weighted by Gasteiger charge is -2.52. The number of nitrogens with zero attached hydrogens (tertiary/aromatic N) is 2. The highest BCUT2D eigenvalue weighted by molar-refractivity contribution is 5.69. The standard InChI is InChI=1S/C41H67N3O5/c1-8-27-33-28-14-16-31-38(4,5)32(48-36(45)42-26-22-43(7)23-26)12-9-18-41(31)24-40(28,41)19-10-17-39(33,6)29-13-15-30(47-35(27)29)34(25(2)3)49-37(46)44-20-11-21-44/h25-35H,8-24H2,1-7H3,(H,42,45). The van der Waals surface area contributed by atoms with Crippen molar-refractivity contribution in [2.45, 2.75) is 155 Å². The van der Waals surface area contributed by atoms with Crippen LogP contribution in [-0.4, -0.2) is 85.7 Å². The Morgan fingerprint density at radius 3 is 2.33 bits per heavy atom. The summed E-state index contributed by atoms with van der Waals surface area (Å²) in [5.41, 5.74) is 1.09. The van der Waals surface area contributed by atoms with Crippen LogP contribution in [0, 0.1) is 57.2 Å². The number of likely N-dealkylation sites (tertiary alicyclic amines) is 2. The highest BCUT2D eigenvalue weighted by atomic mass is 16.6. The van der Waals surface area contributed by atoms with E-state index in [9.17, 15) is 9.59 Å². The molecular weight excluding hydrogens is 614 g/mol. The highest BCUT2D eigenvalue weighted by Crippen LogP contribution is 2.86. The molecule has 276 valence electrons. The Labute approximate surface area is 296 Å². The molecule has 5 saturated carbocycles. The minimum Gasteiger partial charge on any atom is -0.446 e. The number of likely N-dealkylation sites (N-methyl/N-ethyl adjacent to an activating group) is 1. The predicted octanol–water partition coefficient (Wildman–Crippen LogP) is 7.88. The van der Waals surface area contributed by atoms with E-state index in [0.29, 0.717) is 39.9 Å². The van der Waals surface area contributed by atoms with Crippen molar-refractivity contribution in [3.05, 3.63) is 0 Å². The predicted molar refractivity (Wildman–Crippen MR) is 190 cm³/mol. The Kier molecular flexibility index (Phi) is 8.65. The minimum atomic E-state index is -0.204. The summed E-state index contributed by atoms with van der Waals surface area (Å²) < 4.78 is 19.9. The van der Waals surface area contributed by atoms with Crippen molar-refractivity contribution in [1.29, 1.82) is 0 Å². The van der Waals surface area contributed by atoms with Gasteiger partial charge >= 0.3 is 12.2 Å². The maximum absolute atomic E-state index is 13.1. The summed E-state index contributed by atoms with van der Waals surface area (Å²) in [6.07, 6.45) is 15.6. The fourth-order valence-electron chi connectivity index (χ4n) is 14.4. The molecule has 0 bridgehead atoms. The molecule has 3 aliphatic heterocycles. The first-order valence-electron chi connectivity index (χ1n) is 20.6. The molecule has 1 N–H and O–H groups in total. The molecule has 8 rings (SSSR count). The van der Waals surface area contributed by atoms with E-state index >= 15 is 0 Å². The number of ether oxygens (including phenoxy) is 3. The molecule has 8 heteroatoms. The lowest BCUT2D eigenvalue weighted by molar-refractivity contribution is -0.155. The van der Waals surface area contributed by atoms with Gasteiger partial charge in [-0.15, -0.1) is 0 Å². The van der Waals surface area contributed by atoms with Gasteiger partial charge in [0.1, 0.15) is 12.2 Å². The third-order valence-electron chi connectivity index (χ3n) is 16.7. The van der Waals surface area contributed by atoms with E-state index in [1.807, 2.05) is 4.90 Å². The quantitative estimate of drug-likeness (QED) is 0.307. The van der Waals surface area contributed by atoms with Gasteiger partial charge in [-0.25, -0.2) is 9.59 Å². The molecule has 2 amide bonds. The second-order valence-electron chi connectivity index (χ2n) is 19.6. The molecule has 0 radical (unpaired) electrons. The Balaban J connectivity index is 1.02. The molecule has 8 fully saturated rings. The first-order valence-corrected chi connectivity index (χ1v) is 20.6. The van der Waals surface area contributed by atoms with Crippen molar-refractivity contribution in [3.63, 3.8) is 0 Å². The molecule has 5 aliphatic carbocycles. The average molecular weight is 682 g/mol. The number of hydrogen-bond acceptors (Lipinski definition) is 6. The van der Waals surface area contributed by atoms with E-state index in [2.05, 4.69) is 58.8 Å². The van der Waals surface area contributed by atoms with Crippen molar-refractivity contribution in [1.82, 2.24) is 15.1 Å². The summed E-state index contributed by atoms with van der Waals surface area (Å²) in [6.45, 7) is 17.9. The van der Waals surface area contributed by atoms with E-state index in [1.165, 1.54) is 64.2 Å². The molecule has 12 atom stereocenters. The number of fused-ring (bicyclic) bond motifs is 4. The molecule has 0 aromatic heterocycles. The average Bonchev–Trinajstić information content (AvgIpc) is 3.66. The summed E-state index contributed by atoms with van der Waals surface area (Å²) in [4.78, 5) is 30.2. The normalized spacial score (nSPS) is 46.2. The largest absolute Gasteiger partial charge is 0.446 e. The minimum absolute atomic E-state index is 0.00887. The van der Waals surface area contributed by atoms with E-state index < -0.39 is 0 Å². The smallest absolute Gasteiger partial charge is 0.410 e. The van der Waals surface area contributed by atoms with Gasteiger partial charge in [0, 0.05) is 31.6 Å². The lowest BCUT2D eigenvalue weighted by Crippen LogP contribution is -2.58. The Bertz CT molecular complexity index is 1280. The third kappa shape index (κ3) is 5.23. The van der Waals surface area contributed by atoms with Gasteiger partial charge in [0.05, 0.1) is 18.2 Å². The van der Waals surface area contributed by atoms with E-state index in [-0.39, 0.29) is 54.0 Å². The molecule has 8 nitrogen and oxygen atoms in total. The second kappa shape index (κ2) is 12.3. The maximum atomic E-state index is 13.1. The molecule has 49 heavy (non-hydrogen) atoms. The third-order valence-corrected chi connectivity index (χ3v) is 16.7. The maximum Gasteiger partial charge on any atom is 0.410 e. The first-order chi connectivity index (χ1) is 23.3. The van der Waals surface area contributed by atoms with Gasteiger partial charge in [-0.05, 0) is 129 Å². The zero-order valence-corrected chi connectivity index (χ0v) is 31.8. The van der Waals surface area contributed by atoms with Gasteiger partial charge in [-0.1, -0.05) is 54.4 Å². The summed E-state index contributed by atoms with van der Waals surface area (Å²) in [7, 11) is 2.10. The summed E-state index contributed by atoms with van der Waals surface area (Å²) in [5.74, 6) is 3.45. The number of carbonyl (C=O) groups excluding carboxylic acids is 2. The number of amides is 2. The highest BCUT2D eigenvalue weighted by Gasteiger charge is 2.79. The van der Waals surface area contributed by atoms with E-state index in [0.717, 1.165) is 51.4 Å². The summed E-state index contributed by atoms with van der Waals surface area (Å²) >= 11 is 0. The number of alkyl carbamates (subject to hydrolysis) is 1. The molecule has 3 heterocycles. The summed E-state index contributed by atoms with van der Waals surface area (Å²) in [6, 6.07) is 0.220. The Hall–Kier alpha value is -1.54. The zero-order chi connectivity index (χ0) is 34.5. The monoisotopic (exact) mass is 682 g/mol. The second-order valence-corrected chi connectivity index (χ2v) is 19.6. The lowest BCUT2D eigenvalue weighted by atomic mass is 9.53. The van der Waals surface area contributed by atoms with Gasteiger partial charge in [0.25, 0.3) is 0 Å². The van der Waals surface area contributed by atoms with Crippen LogP contribution in [0.4, 0.5) is 9.59 Å².